The summed E-state index contributed by atoms with van der Waals surface area (Å²) in [4.78, 5) is 13.9. The van der Waals surface area contributed by atoms with Crippen molar-refractivity contribution in [3.63, 3.8) is 0 Å². The van der Waals surface area contributed by atoms with Crippen LogP contribution in [0.4, 0.5) is 0 Å². The zero-order valence-electron chi connectivity index (χ0n) is 7.99. The van der Waals surface area contributed by atoms with E-state index >= 15 is 0 Å². The van der Waals surface area contributed by atoms with Crippen LogP contribution in [-0.4, -0.2) is 34.1 Å². The second-order valence-corrected chi connectivity index (χ2v) is 4.19. The lowest BCUT2D eigenvalue weighted by atomic mass is 10.1. The van der Waals surface area contributed by atoms with Crippen LogP contribution in [-0.2, 0) is 6.42 Å². The highest BCUT2D eigenvalue weighted by Gasteiger charge is 2.31. The number of aromatic nitrogens is 2. The minimum atomic E-state index is 0.159. The molecule has 0 saturated heterocycles. The highest BCUT2D eigenvalue weighted by atomic mass is 16.2. The first-order chi connectivity index (χ1) is 6.84. The summed E-state index contributed by atoms with van der Waals surface area (Å²) in [6.45, 7) is 1.79. The second kappa shape index (κ2) is 2.83. The summed E-state index contributed by atoms with van der Waals surface area (Å²) in [7, 11) is 0. The fourth-order valence-corrected chi connectivity index (χ4v) is 1.99. The number of amides is 1. The smallest absolute Gasteiger partial charge is 0.257 e. The van der Waals surface area contributed by atoms with E-state index in [0.29, 0.717) is 0 Å². The van der Waals surface area contributed by atoms with Gasteiger partial charge in [-0.2, -0.15) is 5.10 Å². The van der Waals surface area contributed by atoms with Gasteiger partial charge in [0.15, 0.2) is 0 Å². The summed E-state index contributed by atoms with van der Waals surface area (Å²) >= 11 is 0. The van der Waals surface area contributed by atoms with Crippen molar-refractivity contribution < 1.29 is 4.79 Å². The van der Waals surface area contributed by atoms with E-state index in [2.05, 4.69) is 10.2 Å². The summed E-state index contributed by atoms with van der Waals surface area (Å²) in [6.07, 6.45) is 5.21. The van der Waals surface area contributed by atoms with E-state index in [4.69, 9.17) is 0 Å². The van der Waals surface area contributed by atoms with E-state index in [1.165, 1.54) is 12.8 Å². The number of aromatic amines is 1. The lowest BCUT2D eigenvalue weighted by Crippen LogP contribution is -2.38. The van der Waals surface area contributed by atoms with Crippen molar-refractivity contribution in [2.45, 2.75) is 19.3 Å². The van der Waals surface area contributed by atoms with Crippen molar-refractivity contribution in [3.8, 4) is 0 Å². The predicted octanol–water partition coefficient (Wildman–Crippen LogP) is 0.818. The molecule has 14 heavy (non-hydrogen) atoms. The molecule has 1 saturated carbocycles. The maximum Gasteiger partial charge on any atom is 0.257 e. The zero-order chi connectivity index (χ0) is 9.54. The normalized spacial score (nSPS) is 21.1. The number of hydrogen-bond donors (Lipinski definition) is 1. The van der Waals surface area contributed by atoms with Gasteiger partial charge in [0, 0.05) is 25.7 Å². The molecule has 1 aromatic rings. The molecule has 0 atom stereocenters. The van der Waals surface area contributed by atoms with Gasteiger partial charge in [0.25, 0.3) is 5.91 Å². The van der Waals surface area contributed by atoms with E-state index in [0.717, 1.165) is 36.7 Å². The Kier molecular flexibility index (Phi) is 1.63. The number of carbonyl (C=O) groups excluding carboxylic acids is 1. The molecule has 2 aliphatic rings. The highest BCUT2D eigenvalue weighted by molar-refractivity contribution is 5.96. The largest absolute Gasteiger partial charge is 0.338 e. The van der Waals surface area contributed by atoms with Gasteiger partial charge in [-0.3, -0.25) is 9.89 Å². The summed E-state index contributed by atoms with van der Waals surface area (Å²) < 4.78 is 0. The molecule has 2 heterocycles. The molecular formula is C10H13N3O. The predicted molar refractivity (Wildman–Crippen MR) is 50.9 cm³/mol. The molecule has 0 unspecified atom stereocenters. The standard InChI is InChI=1S/C10H13N3O/c14-10-8-5-11-12-9(8)3-4-13(10)6-7-1-2-7/h5,7H,1-4,6H2,(H,11,12). The fraction of sp³-hybridized carbons (Fsp3) is 0.600. The van der Waals surface area contributed by atoms with Crippen LogP contribution in [0.5, 0.6) is 0 Å². The van der Waals surface area contributed by atoms with Crippen molar-refractivity contribution in [3.05, 3.63) is 17.5 Å². The first-order valence-electron chi connectivity index (χ1n) is 5.16. The minimum Gasteiger partial charge on any atom is -0.338 e. The molecule has 4 heteroatoms. The SMILES string of the molecule is O=C1c2c[nH]nc2CCN1CC1CC1. The molecule has 1 fully saturated rings. The second-order valence-electron chi connectivity index (χ2n) is 4.19. The van der Waals surface area contributed by atoms with Crippen molar-refractivity contribution in [1.82, 2.24) is 15.1 Å². The maximum absolute atomic E-state index is 11.9. The van der Waals surface area contributed by atoms with Crippen LogP contribution in [0.15, 0.2) is 6.20 Å². The van der Waals surface area contributed by atoms with E-state index < -0.39 is 0 Å². The van der Waals surface area contributed by atoms with Crippen molar-refractivity contribution in [2.24, 2.45) is 5.92 Å². The van der Waals surface area contributed by atoms with Crippen LogP contribution in [0.2, 0.25) is 0 Å². The molecule has 1 aliphatic carbocycles. The topological polar surface area (TPSA) is 49.0 Å². The number of H-pyrrole nitrogens is 1. The average Bonchev–Trinajstić information content (AvgIpc) is 2.85. The Hall–Kier alpha value is -1.32. The van der Waals surface area contributed by atoms with Gasteiger partial charge in [-0.15, -0.1) is 0 Å². The third-order valence-electron chi connectivity index (χ3n) is 3.03. The molecule has 0 aromatic carbocycles. The number of hydrogen-bond acceptors (Lipinski definition) is 2. The van der Waals surface area contributed by atoms with Gasteiger partial charge in [-0.05, 0) is 18.8 Å². The molecule has 1 N–H and O–H groups in total. The van der Waals surface area contributed by atoms with Crippen LogP contribution >= 0.6 is 0 Å². The van der Waals surface area contributed by atoms with Crippen molar-refractivity contribution in [1.29, 1.82) is 0 Å². The summed E-state index contributed by atoms with van der Waals surface area (Å²) in [6, 6.07) is 0. The average molecular weight is 191 g/mol. The molecule has 4 nitrogen and oxygen atoms in total. The van der Waals surface area contributed by atoms with Crippen molar-refractivity contribution in [2.75, 3.05) is 13.1 Å². The lowest BCUT2D eigenvalue weighted by Gasteiger charge is -2.25. The first kappa shape index (κ1) is 8.03. The van der Waals surface area contributed by atoms with Crippen LogP contribution in [0, 0.1) is 5.92 Å². The quantitative estimate of drug-likeness (QED) is 0.752. The number of nitrogens with one attached hydrogen (secondary N) is 1. The minimum absolute atomic E-state index is 0.159. The first-order valence-corrected chi connectivity index (χ1v) is 5.16. The molecular weight excluding hydrogens is 178 g/mol. The van der Waals surface area contributed by atoms with Gasteiger partial charge in [0.1, 0.15) is 0 Å². The van der Waals surface area contributed by atoms with E-state index in [1.54, 1.807) is 6.20 Å². The van der Waals surface area contributed by atoms with Gasteiger partial charge in [0.05, 0.1) is 11.3 Å². The lowest BCUT2D eigenvalue weighted by molar-refractivity contribution is 0.0731. The number of nitrogens with zero attached hydrogens (tertiary/aromatic N) is 2. The van der Waals surface area contributed by atoms with Gasteiger partial charge in [0.2, 0.25) is 0 Å². The fourth-order valence-electron chi connectivity index (χ4n) is 1.99. The van der Waals surface area contributed by atoms with E-state index in [1.807, 2.05) is 4.90 Å². The Balaban J connectivity index is 1.81. The van der Waals surface area contributed by atoms with Crippen LogP contribution in [0.25, 0.3) is 0 Å². The molecule has 1 aromatic heterocycles. The van der Waals surface area contributed by atoms with Crippen LogP contribution < -0.4 is 0 Å². The van der Waals surface area contributed by atoms with Gasteiger partial charge >= 0.3 is 0 Å². The van der Waals surface area contributed by atoms with E-state index in [9.17, 15) is 4.79 Å². The highest BCUT2D eigenvalue weighted by Crippen LogP contribution is 2.31. The Labute approximate surface area is 82.3 Å². The Morgan fingerprint density at radius 3 is 3.21 bits per heavy atom. The Bertz CT molecular complexity index is 367. The number of carbonyl (C=O) groups is 1. The summed E-state index contributed by atoms with van der Waals surface area (Å²) in [5.41, 5.74) is 1.71. The van der Waals surface area contributed by atoms with Gasteiger partial charge in [-0.1, -0.05) is 0 Å². The molecule has 3 rings (SSSR count). The third-order valence-corrected chi connectivity index (χ3v) is 3.03. The molecule has 1 aliphatic heterocycles. The van der Waals surface area contributed by atoms with E-state index in [-0.39, 0.29) is 5.91 Å². The molecule has 0 spiro atoms. The number of rotatable bonds is 2. The molecule has 0 radical (unpaired) electrons. The maximum atomic E-state index is 11.9. The van der Waals surface area contributed by atoms with Crippen LogP contribution in [0.1, 0.15) is 28.9 Å². The summed E-state index contributed by atoms with van der Waals surface area (Å²) in [5, 5.41) is 6.83. The monoisotopic (exact) mass is 191 g/mol. The van der Waals surface area contributed by atoms with Crippen LogP contribution in [0.3, 0.4) is 0 Å². The molecule has 1 amide bonds. The molecule has 74 valence electrons. The third kappa shape index (κ3) is 1.22. The van der Waals surface area contributed by atoms with Crippen molar-refractivity contribution >= 4 is 5.91 Å². The molecule has 0 bridgehead atoms. The number of fused-ring (bicyclic) bond motifs is 1. The zero-order valence-corrected chi connectivity index (χ0v) is 7.99. The Morgan fingerprint density at radius 1 is 1.57 bits per heavy atom. The van der Waals surface area contributed by atoms with Gasteiger partial charge in [-0.25, -0.2) is 0 Å². The van der Waals surface area contributed by atoms with Gasteiger partial charge < -0.3 is 4.90 Å². The Morgan fingerprint density at radius 2 is 2.43 bits per heavy atom. The summed E-state index contributed by atoms with van der Waals surface area (Å²) in [5.74, 6) is 0.930.